The minimum atomic E-state index is -0.0960. The molecular weight excluding hydrogens is 250 g/mol. The number of aromatic nitrogens is 1. The topological polar surface area (TPSA) is 39.1 Å². The fourth-order valence-corrected chi connectivity index (χ4v) is 2.37. The average molecular weight is 263 g/mol. The van der Waals surface area contributed by atoms with E-state index in [0.29, 0.717) is 11.1 Å². The molecule has 0 bridgehead atoms. The largest absolute Gasteiger partial charge is 0.294 e. The van der Waals surface area contributed by atoms with Crippen LogP contribution in [0.4, 0.5) is 0 Å². The lowest BCUT2D eigenvalue weighted by Crippen LogP contribution is -2.10. The Morgan fingerprint density at radius 2 is 1.65 bits per heavy atom. The van der Waals surface area contributed by atoms with Crippen molar-refractivity contribution in [2.75, 3.05) is 0 Å². The Hall–Kier alpha value is -2.68. The summed E-state index contributed by atoms with van der Waals surface area (Å²) in [5.74, 6) is -0.0955. The molecule has 0 saturated carbocycles. The summed E-state index contributed by atoms with van der Waals surface area (Å²) in [6.45, 7) is 1.53. The quantitative estimate of drug-likeness (QED) is 0.663. The highest BCUT2D eigenvalue weighted by molar-refractivity contribution is 6.09. The van der Waals surface area contributed by atoms with Gasteiger partial charge in [0, 0.05) is 22.7 Å². The number of carbonyl (C=O) groups is 2. The average Bonchev–Trinajstić information content (AvgIpc) is 2.91. The van der Waals surface area contributed by atoms with Gasteiger partial charge >= 0.3 is 0 Å². The summed E-state index contributed by atoms with van der Waals surface area (Å²) in [5.41, 5.74) is 2.02. The molecule has 2 aromatic carbocycles. The molecule has 0 radical (unpaired) electrons. The number of ketones is 1. The van der Waals surface area contributed by atoms with E-state index in [9.17, 15) is 9.59 Å². The molecule has 0 aliphatic carbocycles. The highest BCUT2D eigenvalue weighted by atomic mass is 16.2. The van der Waals surface area contributed by atoms with Crippen molar-refractivity contribution in [1.82, 2.24) is 4.57 Å². The Morgan fingerprint density at radius 1 is 0.900 bits per heavy atom. The number of benzene rings is 2. The molecule has 0 spiro atoms. The number of carbonyl (C=O) groups excluding carboxylic acids is 2. The van der Waals surface area contributed by atoms with Gasteiger partial charge in [0.25, 0.3) is 5.91 Å². The molecule has 0 N–H and O–H groups in total. The summed E-state index contributed by atoms with van der Waals surface area (Å²) >= 11 is 0. The number of rotatable bonds is 2. The molecule has 0 atom stereocenters. The van der Waals surface area contributed by atoms with Crippen LogP contribution in [-0.4, -0.2) is 16.3 Å². The van der Waals surface area contributed by atoms with Crippen molar-refractivity contribution in [3.63, 3.8) is 0 Å². The monoisotopic (exact) mass is 263 g/mol. The van der Waals surface area contributed by atoms with Crippen LogP contribution in [0.3, 0.4) is 0 Å². The summed E-state index contributed by atoms with van der Waals surface area (Å²) in [7, 11) is 0. The molecular formula is C17H13NO2. The zero-order chi connectivity index (χ0) is 14.1. The van der Waals surface area contributed by atoms with Crippen molar-refractivity contribution >= 4 is 22.6 Å². The maximum atomic E-state index is 12.5. The Labute approximate surface area is 116 Å². The fraction of sp³-hybridized carbons (Fsp3) is 0.0588. The number of fused-ring (bicyclic) bond motifs is 1. The first kappa shape index (κ1) is 12.4. The minimum absolute atomic E-state index is 0.000472. The predicted molar refractivity (Wildman–Crippen MR) is 78.1 cm³/mol. The third-order valence-corrected chi connectivity index (χ3v) is 3.35. The van der Waals surface area contributed by atoms with Gasteiger partial charge in [0.1, 0.15) is 0 Å². The summed E-state index contributed by atoms with van der Waals surface area (Å²) in [6.07, 6.45) is 1.71. The van der Waals surface area contributed by atoms with Crippen LogP contribution in [-0.2, 0) is 0 Å². The van der Waals surface area contributed by atoms with Crippen molar-refractivity contribution in [3.8, 4) is 0 Å². The van der Waals surface area contributed by atoms with Crippen LogP contribution >= 0.6 is 0 Å². The van der Waals surface area contributed by atoms with Gasteiger partial charge in [0.2, 0.25) is 0 Å². The number of nitrogens with zero attached hydrogens (tertiary/aromatic N) is 1. The van der Waals surface area contributed by atoms with Crippen LogP contribution in [0.2, 0.25) is 0 Å². The van der Waals surface area contributed by atoms with E-state index in [-0.39, 0.29) is 11.7 Å². The highest BCUT2D eigenvalue weighted by Gasteiger charge is 2.13. The van der Waals surface area contributed by atoms with Gasteiger partial charge in [0.05, 0.1) is 5.52 Å². The second-order valence-corrected chi connectivity index (χ2v) is 4.65. The molecule has 20 heavy (non-hydrogen) atoms. The first-order valence-electron chi connectivity index (χ1n) is 6.39. The van der Waals surface area contributed by atoms with Gasteiger partial charge in [-0.3, -0.25) is 14.2 Å². The van der Waals surface area contributed by atoms with Crippen molar-refractivity contribution in [2.45, 2.75) is 6.92 Å². The predicted octanol–water partition coefficient (Wildman–Crippen LogP) is 3.53. The number of Topliss-reactive ketones (excluding diaryl/α,β-unsaturated/α-hetero) is 1. The van der Waals surface area contributed by atoms with Crippen molar-refractivity contribution in [3.05, 3.63) is 71.9 Å². The summed E-state index contributed by atoms with van der Waals surface area (Å²) in [6, 6.07) is 16.3. The van der Waals surface area contributed by atoms with Gasteiger partial charge in [-0.2, -0.15) is 0 Å². The Bertz CT molecular complexity index is 800. The minimum Gasteiger partial charge on any atom is -0.294 e. The van der Waals surface area contributed by atoms with E-state index in [4.69, 9.17) is 0 Å². The van der Waals surface area contributed by atoms with Gasteiger partial charge in [-0.25, -0.2) is 0 Å². The van der Waals surface area contributed by atoms with E-state index in [1.165, 1.54) is 6.92 Å². The van der Waals surface area contributed by atoms with E-state index in [0.717, 1.165) is 10.9 Å². The van der Waals surface area contributed by atoms with Crippen LogP contribution in [0, 0.1) is 0 Å². The second-order valence-electron chi connectivity index (χ2n) is 4.65. The molecule has 0 saturated heterocycles. The van der Waals surface area contributed by atoms with Crippen LogP contribution in [0.15, 0.2) is 60.8 Å². The van der Waals surface area contributed by atoms with Gasteiger partial charge in [-0.15, -0.1) is 0 Å². The molecule has 98 valence electrons. The van der Waals surface area contributed by atoms with Gasteiger partial charge in [0.15, 0.2) is 5.78 Å². The third kappa shape index (κ3) is 1.93. The molecule has 0 fully saturated rings. The number of hydrogen-bond donors (Lipinski definition) is 0. The molecule has 0 unspecified atom stereocenters. The molecule has 0 aliphatic heterocycles. The highest BCUT2D eigenvalue weighted by Crippen LogP contribution is 2.21. The van der Waals surface area contributed by atoms with Gasteiger partial charge in [-0.05, 0) is 31.2 Å². The summed E-state index contributed by atoms with van der Waals surface area (Å²) in [5, 5.41) is 0.810. The van der Waals surface area contributed by atoms with Crippen LogP contribution in [0.1, 0.15) is 27.6 Å². The Morgan fingerprint density at radius 3 is 2.35 bits per heavy atom. The lowest BCUT2D eigenvalue weighted by atomic mass is 10.1. The Kier molecular flexibility index (Phi) is 2.95. The normalized spacial score (nSPS) is 10.7. The zero-order valence-electron chi connectivity index (χ0n) is 11.0. The Balaban J connectivity index is 2.17. The SMILES string of the molecule is CC(=O)c1cccc2c1ccn2C(=O)c1ccccc1. The molecule has 3 heteroatoms. The van der Waals surface area contributed by atoms with Crippen LogP contribution in [0.5, 0.6) is 0 Å². The molecule has 0 aliphatic rings. The zero-order valence-corrected chi connectivity index (χ0v) is 11.0. The first-order valence-corrected chi connectivity index (χ1v) is 6.39. The molecule has 1 aromatic heterocycles. The molecule has 3 nitrogen and oxygen atoms in total. The molecule has 1 heterocycles. The smallest absolute Gasteiger partial charge is 0.262 e. The summed E-state index contributed by atoms with van der Waals surface area (Å²) in [4.78, 5) is 24.1. The molecule has 3 rings (SSSR count). The van der Waals surface area contributed by atoms with E-state index >= 15 is 0 Å². The number of hydrogen-bond acceptors (Lipinski definition) is 2. The van der Waals surface area contributed by atoms with E-state index < -0.39 is 0 Å². The third-order valence-electron chi connectivity index (χ3n) is 3.35. The van der Waals surface area contributed by atoms with E-state index in [2.05, 4.69) is 0 Å². The summed E-state index contributed by atoms with van der Waals surface area (Å²) < 4.78 is 1.58. The van der Waals surface area contributed by atoms with Crippen molar-refractivity contribution in [1.29, 1.82) is 0 Å². The standard InChI is InChI=1S/C17H13NO2/c1-12(19)14-8-5-9-16-15(14)10-11-18(16)17(20)13-6-3-2-4-7-13/h2-11H,1H3. The lowest BCUT2D eigenvalue weighted by molar-refractivity contribution is 0.0963. The van der Waals surface area contributed by atoms with Gasteiger partial charge < -0.3 is 0 Å². The second kappa shape index (κ2) is 4.78. The first-order chi connectivity index (χ1) is 9.68. The van der Waals surface area contributed by atoms with Crippen LogP contribution < -0.4 is 0 Å². The van der Waals surface area contributed by atoms with E-state index in [1.54, 1.807) is 35.0 Å². The van der Waals surface area contributed by atoms with Crippen molar-refractivity contribution < 1.29 is 9.59 Å². The maximum absolute atomic E-state index is 12.5. The van der Waals surface area contributed by atoms with Crippen molar-refractivity contribution in [2.24, 2.45) is 0 Å². The van der Waals surface area contributed by atoms with Gasteiger partial charge in [-0.1, -0.05) is 30.3 Å². The van der Waals surface area contributed by atoms with E-state index in [1.807, 2.05) is 30.3 Å². The molecule has 0 amide bonds. The van der Waals surface area contributed by atoms with Crippen LogP contribution in [0.25, 0.3) is 10.9 Å². The fourth-order valence-electron chi connectivity index (χ4n) is 2.37. The molecule has 3 aromatic rings. The lowest BCUT2D eigenvalue weighted by Gasteiger charge is -2.05. The maximum Gasteiger partial charge on any atom is 0.262 e.